The molecule has 126 valence electrons. The monoisotopic (exact) mass is 328 g/mol. The van der Waals surface area contributed by atoms with E-state index in [-0.39, 0.29) is 5.91 Å². The van der Waals surface area contributed by atoms with E-state index >= 15 is 0 Å². The number of aromatic amines is 1. The molecular weight excluding hydrogens is 308 g/mol. The van der Waals surface area contributed by atoms with Crippen LogP contribution in [0.15, 0.2) is 27.8 Å². The number of hydrogen-bond acceptors (Lipinski definition) is 4. The first-order valence-corrected chi connectivity index (χ1v) is 8.35. The number of carbonyl (C=O) groups excluding carboxylic acids is 1. The molecule has 2 aliphatic rings. The van der Waals surface area contributed by atoms with E-state index in [1.807, 2.05) is 11.8 Å². The number of likely N-dealkylation sites (tertiary alicyclic amines) is 1. The molecule has 0 spiro atoms. The van der Waals surface area contributed by atoms with Crippen LogP contribution in [0, 0.1) is 11.8 Å². The third kappa shape index (κ3) is 2.27. The van der Waals surface area contributed by atoms with Gasteiger partial charge in [0.25, 0.3) is 5.91 Å². The molecule has 1 aromatic heterocycles. The molecular formula is C17H20N4O3. The summed E-state index contributed by atoms with van der Waals surface area (Å²) in [6, 6.07) is 5.15. The van der Waals surface area contributed by atoms with E-state index in [2.05, 4.69) is 10.3 Å². The second-order valence-corrected chi connectivity index (χ2v) is 6.62. The molecule has 0 aliphatic carbocycles. The Hall–Kier alpha value is -2.41. The van der Waals surface area contributed by atoms with Crippen LogP contribution in [-0.2, 0) is 6.54 Å². The molecule has 7 nitrogen and oxygen atoms in total. The summed E-state index contributed by atoms with van der Waals surface area (Å²) in [5.41, 5.74) is 0.488. The maximum atomic E-state index is 12.8. The molecule has 0 unspecified atom stereocenters. The maximum absolute atomic E-state index is 12.8. The summed E-state index contributed by atoms with van der Waals surface area (Å²) in [5.74, 6) is 1.07. The number of H-pyrrole nitrogens is 1. The molecule has 0 radical (unpaired) electrons. The van der Waals surface area contributed by atoms with E-state index in [0.29, 0.717) is 35.0 Å². The van der Waals surface area contributed by atoms with Crippen LogP contribution in [0.2, 0.25) is 0 Å². The third-order valence-corrected chi connectivity index (χ3v) is 5.21. The van der Waals surface area contributed by atoms with Crippen molar-refractivity contribution in [2.24, 2.45) is 11.8 Å². The molecule has 24 heavy (non-hydrogen) atoms. The van der Waals surface area contributed by atoms with Crippen molar-refractivity contribution in [2.45, 2.75) is 13.5 Å². The summed E-state index contributed by atoms with van der Waals surface area (Å²) in [6.45, 7) is 5.73. The molecule has 2 fully saturated rings. The standard InChI is InChI=1S/C17H20N4O3/c1-2-21-14-4-3-10(5-13(14)19-15(22)17(21)24)16(23)20-8-11-6-18-7-12(11)9-20/h3-5,11-12,18H,2,6-9H2,1H3,(H,19,22)/t11-,12+. The number of aryl methyl sites for hydroxylation is 1. The largest absolute Gasteiger partial charge is 0.338 e. The predicted molar refractivity (Wildman–Crippen MR) is 90.3 cm³/mol. The van der Waals surface area contributed by atoms with Crippen molar-refractivity contribution in [1.29, 1.82) is 0 Å². The van der Waals surface area contributed by atoms with Crippen LogP contribution in [0.1, 0.15) is 17.3 Å². The maximum Gasteiger partial charge on any atom is 0.316 e. The lowest BCUT2D eigenvalue weighted by molar-refractivity contribution is 0.0782. The van der Waals surface area contributed by atoms with Crippen molar-refractivity contribution in [3.05, 3.63) is 44.5 Å². The molecule has 4 rings (SSSR count). The van der Waals surface area contributed by atoms with Gasteiger partial charge in [-0.05, 0) is 37.0 Å². The number of nitrogens with zero attached hydrogens (tertiary/aromatic N) is 2. The molecule has 3 heterocycles. The summed E-state index contributed by atoms with van der Waals surface area (Å²) in [6.07, 6.45) is 0. The van der Waals surface area contributed by atoms with E-state index < -0.39 is 11.1 Å². The van der Waals surface area contributed by atoms with Crippen LogP contribution in [0.4, 0.5) is 0 Å². The van der Waals surface area contributed by atoms with Crippen LogP contribution >= 0.6 is 0 Å². The fraction of sp³-hybridized carbons (Fsp3) is 0.471. The number of nitrogens with one attached hydrogen (secondary N) is 2. The van der Waals surface area contributed by atoms with Gasteiger partial charge in [0.2, 0.25) is 0 Å². The van der Waals surface area contributed by atoms with Gasteiger partial charge in [-0.25, -0.2) is 0 Å². The zero-order chi connectivity index (χ0) is 16.8. The van der Waals surface area contributed by atoms with Gasteiger partial charge in [0.1, 0.15) is 0 Å². The van der Waals surface area contributed by atoms with Crippen LogP contribution in [0.3, 0.4) is 0 Å². The Labute approximate surface area is 138 Å². The smallest absolute Gasteiger partial charge is 0.316 e. The second kappa shape index (κ2) is 5.59. The van der Waals surface area contributed by atoms with E-state index in [4.69, 9.17) is 0 Å². The second-order valence-electron chi connectivity index (χ2n) is 6.62. The molecule has 2 N–H and O–H groups in total. The van der Waals surface area contributed by atoms with E-state index in [1.165, 1.54) is 4.57 Å². The number of benzene rings is 1. The average molecular weight is 328 g/mol. The minimum absolute atomic E-state index is 0.0126. The van der Waals surface area contributed by atoms with Gasteiger partial charge < -0.3 is 19.8 Å². The lowest BCUT2D eigenvalue weighted by Gasteiger charge is -2.18. The van der Waals surface area contributed by atoms with Gasteiger partial charge >= 0.3 is 11.1 Å². The fourth-order valence-corrected chi connectivity index (χ4v) is 3.93. The summed E-state index contributed by atoms with van der Waals surface area (Å²) in [5, 5.41) is 3.36. The van der Waals surface area contributed by atoms with E-state index in [1.54, 1.807) is 18.2 Å². The molecule has 2 saturated heterocycles. The van der Waals surface area contributed by atoms with Crippen molar-refractivity contribution < 1.29 is 4.79 Å². The lowest BCUT2D eigenvalue weighted by Crippen LogP contribution is -2.36. The lowest BCUT2D eigenvalue weighted by atomic mass is 10.0. The number of aromatic nitrogens is 2. The van der Waals surface area contributed by atoms with Crippen LogP contribution in [-0.4, -0.2) is 46.5 Å². The minimum atomic E-state index is -0.657. The molecule has 1 aromatic carbocycles. The van der Waals surface area contributed by atoms with Gasteiger partial charge in [-0.2, -0.15) is 0 Å². The van der Waals surface area contributed by atoms with Crippen molar-refractivity contribution in [3.63, 3.8) is 0 Å². The molecule has 0 bridgehead atoms. The van der Waals surface area contributed by atoms with Crippen molar-refractivity contribution in [3.8, 4) is 0 Å². The molecule has 0 saturated carbocycles. The van der Waals surface area contributed by atoms with Crippen molar-refractivity contribution in [2.75, 3.05) is 26.2 Å². The Kier molecular flexibility index (Phi) is 3.53. The first-order chi connectivity index (χ1) is 11.6. The highest BCUT2D eigenvalue weighted by Crippen LogP contribution is 2.27. The van der Waals surface area contributed by atoms with Gasteiger partial charge in [0.15, 0.2) is 0 Å². The molecule has 2 atom stereocenters. The highest BCUT2D eigenvalue weighted by molar-refractivity contribution is 5.97. The van der Waals surface area contributed by atoms with Gasteiger partial charge in [-0.15, -0.1) is 0 Å². The Morgan fingerprint density at radius 2 is 1.92 bits per heavy atom. The van der Waals surface area contributed by atoms with Gasteiger partial charge in [-0.3, -0.25) is 14.4 Å². The van der Waals surface area contributed by atoms with Crippen LogP contribution < -0.4 is 16.4 Å². The Morgan fingerprint density at radius 1 is 1.21 bits per heavy atom. The number of fused-ring (bicyclic) bond motifs is 2. The summed E-state index contributed by atoms with van der Waals surface area (Å²) in [7, 11) is 0. The summed E-state index contributed by atoms with van der Waals surface area (Å²) in [4.78, 5) is 40.9. The molecule has 7 heteroatoms. The van der Waals surface area contributed by atoms with Crippen molar-refractivity contribution in [1.82, 2.24) is 19.8 Å². The number of hydrogen-bond donors (Lipinski definition) is 2. The van der Waals surface area contributed by atoms with Crippen LogP contribution in [0.25, 0.3) is 11.0 Å². The Balaban J connectivity index is 1.70. The molecule has 1 amide bonds. The highest BCUT2D eigenvalue weighted by atomic mass is 16.2. The number of carbonyl (C=O) groups is 1. The SMILES string of the molecule is CCn1c(=O)c(=O)[nH]c2cc(C(=O)N3C[C@H]4CNC[C@H]4C3)ccc21. The van der Waals surface area contributed by atoms with E-state index in [9.17, 15) is 14.4 Å². The summed E-state index contributed by atoms with van der Waals surface area (Å²) >= 11 is 0. The highest BCUT2D eigenvalue weighted by Gasteiger charge is 2.38. The zero-order valence-corrected chi connectivity index (χ0v) is 13.5. The first kappa shape index (κ1) is 15.1. The molecule has 2 aliphatic heterocycles. The molecule has 2 aromatic rings. The normalized spacial score (nSPS) is 23.0. The van der Waals surface area contributed by atoms with Gasteiger partial charge in [0, 0.05) is 38.3 Å². The number of rotatable bonds is 2. The van der Waals surface area contributed by atoms with Crippen molar-refractivity contribution >= 4 is 16.9 Å². The zero-order valence-electron chi connectivity index (χ0n) is 13.5. The van der Waals surface area contributed by atoms with Crippen LogP contribution in [0.5, 0.6) is 0 Å². The average Bonchev–Trinajstić information content (AvgIpc) is 3.16. The Bertz CT molecular complexity index is 918. The Morgan fingerprint density at radius 3 is 2.58 bits per heavy atom. The minimum Gasteiger partial charge on any atom is -0.338 e. The van der Waals surface area contributed by atoms with Gasteiger partial charge in [0.05, 0.1) is 11.0 Å². The third-order valence-electron chi connectivity index (χ3n) is 5.21. The van der Waals surface area contributed by atoms with Gasteiger partial charge in [-0.1, -0.05) is 0 Å². The first-order valence-electron chi connectivity index (χ1n) is 8.35. The summed E-state index contributed by atoms with van der Waals surface area (Å²) < 4.78 is 1.42. The predicted octanol–water partition coefficient (Wildman–Crippen LogP) is 0.00110. The fourth-order valence-electron chi connectivity index (χ4n) is 3.93. The topological polar surface area (TPSA) is 87.2 Å². The quantitative estimate of drug-likeness (QED) is 0.760. The number of amides is 1. The van der Waals surface area contributed by atoms with E-state index in [0.717, 1.165) is 26.2 Å².